The lowest BCUT2D eigenvalue weighted by atomic mass is 10.1. The van der Waals surface area contributed by atoms with Crippen molar-refractivity contribution in [3.05, 3.63) is 69.7 Å². The van der Waals surface area contributed by atoms with Crippen LogP contribution in [-0.4, -0.2) is 24.9 Å². The number of carbonyl (C=O) groups excluding carboxylic acids is 2. The number of benzene rings is 2. The highest BCUT2D eigenvalue weighted by Crippen LogP contribution is 2.11. The van der Waals surface area contributed by atoms with Gasteiger partial charge in [-0.25, -0.2) is 0 Å². The van der Waals surface area contributed by atoms with Crippen molar-refractivity contribution in [3.63, 3.8) is 0 Å². The third-order valence-electron chi connectivity index (χ3n) is 3.60. The van der Waals surface area contributed by atoms with Crippen molar-refractivity contribution in [1.82, 2.24) is 10.6 Å². The number of halogens is 2. The van der Waals surface area contributed by atoms with E-state index < -0.39 is 0 Å². The van der Waals surface area contributed by atoms with Gasteiger partial charge >= 0.3 is 0 Å². The maximum absolute atomic E-state index is 11.8. The zero-order chi connectivity index (χ0) is 18.1. The third-order valence-corrected chi connectivity index (χ3v) is 4.11. The van der Waals surface area contributed by atoms with Crippen LogP contribution in [0.3, 0.4) is 0 Å². The molecule has 132 valence electrons. The van der Waals surface area contributed by atoms with Crippen LogP contribution >= 0.6 is 23.2 Å². The molecule has 2 amide bonds. The minimum atomic E-state index is -0.0854. The van der Waals surface area contributed by atoms with E-state index in [0.29, 0.717) is 42.4 Å². The molecule has 25 heavy (non-hydrogen) atoms. The van der Waals surface area contributed by atoms with Crippen molar-refractivity contribution >= 4 is 35.0 Å². The van der Waals surface area contributed by atoms with Crippen LogP contribution in [0.5, 0.6) is 0 Å². The number of carbonyl (C=O) groups is 2. The smallest absolute Gasteiger partial charge is 0.224 e. The normalized spacial score (nSPS) is 10.3. The molecular weight excluding hydrogens is 359 g/mol. The van der Waals surface area contributed by atoms with Crippen LogP contribution in [0.4, 0.5) is 0 Å². The van der Waals surface area contributed by atoms with Crippen molar-refractivity contribution in [1.29, 1.82) is 0 Å². The van der Waals surface area contributed by atoms with Crippen LogP contribution in [0.2, 0.25) is 10.0 Å². The molecule has 0 spiro atoms. The number of hydrogen-bond acceptors (Lipinski definition) is 2. The van der Waals surface area contributed by atoms with E-state index in [2.05, 4.69) is 10.6 Å². The lowest BCUT2D eigenvalue weighted by molar-refractivity contribution is -0.122. The Kier molecular flexibility index (Phi) is 7.76. The monoisotopic (exact) mass is 378 g/mol. The zero-order valence-electron chi connectivity index (χ0n) is 13.7. The summed E-state index contributed by atoms with van der Waals surface area (Å²) in [6, 6.07) is 14.6. The molecular formula is C19H20Cl2N2O2. The standard InChI is InChI=1S/C19H20Cl2N2O2/c20-16-6-1-14(2-7-16)5-10-18(24)22-11-12-23-19(25)13-15-3-8-17(21)9-4-15/h1-4,6-9H,5,10-13H2,(H,22,24)(H,23,25). The van der Waals surface area contributed by atoms with Crippen LogP contribution in [0.1, 0.15) is 17.5 Å². The first-order chi connectivity index (χ1) is 12.0. The molecule has 2 N–H and O–H groups in total. The molecule has 0 aliphatic heterocycles. The zero-order valence-corrected chi connectivity index (χ0v) is 15.2. The third kappa shape index (κ3) is 7.59. The van der Waals surface area contributed by atoms with Crippen molar-refractivity contribution in [2.45, 2.75) is 19.3 Å². The number of amides is 2. The Morgan fingerprint density at radius 3 is 1.76 bits per heavy atom. The van der Waals surface area contributed by atoms with Gasteiger partial charge in [-0.05, 0) is 41.8 Å². The summed E-state index contributed by atoms with van der Waals surface area (Å²) in [5.41, 5.74) is 1.96. The number of aryl methyl sites for hydroxylation is 1. The second-order valence-corrected chi connectivity index (χ2v) is 6.50. The van der Waals surface area contributed by atoms with Gasteiger partial charge < -0.3 is 10.6 Å². The van der Waals surface area contributed by atoms with Crippen LogP contribution < -0.4 is 10.6 Å². The molecule has 0 saturated carbocycles. The maximum atomic E-state index is 11.8. The molecule has 0 atom stereocenters. The molecule has 0 unspecified atom stereocenters. The molecule has 0 radical (unpaired) electrons. The number of rotatable bonds is 8. The van der Waals surface area contributed by atoms with Crippen molar-refractivity contribution < 1.29 is 9.59 Å². The molecule has 0 fully saturated rings. The van der Waals surface area contributed by atoms with Gasteiger partial charge in [0.1, 0.15) is 0 Å². The van der Waals surface area contributed by atoms with Crippen molar-refractivity contribution in [3.8, 4) is 0 Å². The Bertz CT molecular complexity index is 700. The fraction of sp³-hybridized carbons (Fsp3) is 0.263. The average molecular weight is 379 g/mol. The van der Waals surface area contributed by atoms with Gasteiger partial charge in [0.2, 0.25) is 11.8 Å². The van der Waals surface area contributed by atoms with Gasteiger partial charge in [-0.15, -0.1) is 0 Å². The van der Waals surface area contributed by atoms with Crippen molar-refractivity contribution in [2.75, 3.05) is 13.1 Å². The Hall–Kier alpha value is -2.04. The molecule has 0 heterocycles. The van der Waals surface area contributed by atoms with Gasteiger partial charge in [0, 0.05) is 29.6 Å². The molecule has 0 bridgehead atoms. The Balaban J connectivity index is 1.58. The van der Waals surface area contributed by atoms with E-state index in [4.69, 9.17) is 23.2 Å². The predicted octanol–water partition coefficient (Wildman–Crippen LogP) is 3.40. The average Bonchev–Trinajstić information content (AvgIpc) is 2.60. The number of nitrogens with one attached hydrogen (secondary N) is 2. The first-order valence-corrected chi connectivity index (χ1v) is 8.81. The van der Waals surface area contributed by atoms with E-state index in [9.17, 15) is 9.59 Å². The second kappa shape index (κ2) is 10.1. The van der Waals surface area contributed by atoms with Crippen LogP contribution in [0.25, 0.3) is 0 Å². The largest absolute Gasteiger partial charge is 0.354 e. The summed E-state index contributed by atoms with van der Waals surface area (Å²) in [4.78, 5) is 23.6. The SMILES string of the molecule is O=C(CCc1ccc(Cl)cc1)NCCNC(=O)Cc1ccc(Cl)cc1. The topological polar surface area (TPSA) is 58.2 Å². The summed E-state index contributed by atoms with van der Waals surface area (Å²) in [6.07, 6.45) is 1.36. The summed E-state index contributed by atoms with van der Waals surface area (Å²) in [6.45, 7) is 0.810. The fourth-order valence-corrected chi connectivity index (χ4v) is 2.50. The summed E-state index contributed by atoms with van der Waals surface area (Å²) < 4.78 is 0. The van der Waals surface area contributed by atoms with Gasteiger partial charge in [-0.2, -0.15) is 0 Å². The van der Waals surface area contributed by atoms with E-state index in [1.54, 1.807) is 12.1 Å². The summed E-state index contributed by atoms with van der Waals surface area (Å²) in [5, 5.41) is 6.90. The highest BCUT2D eigenvalue weighted by atomic mass is 35.5. The lowest BCUT2D eigenvalue weighted by Crippen LogP contribution is -2.35. The van der Waals surface area contributed by atoms with Crippen LogP contribution in [-0.2, 0) is 22.4 Å². The summed E-state index contributed by atoms with van der Waals surface area (Å²) in [5.74, 6) is -0.125. The van der Waals surface area contributed by atoms with Crippen LogP contribution in [0.15, 0.2) is 48.5 Å². The fourth-order valence-electron chi connectivity index (χ4n) is 2.25. The van der Waals surface area contributed by atoms with Gasteiger partial charge in [-0.1, -0.05) is 47.5 Å². The summed E-state index contributed by atoms with van der Waals surface area (Å²) >= 11 is 11.6. The quantitative estimate of drug-likeness (QED) is 0.691. The van der Waals surface area contributed by atoms with Gasteiger partial charge in [0.05, 0.1) is 6.42 Å². The first-order valence-electron chi connectivity index (χ1n) is 8.05. The van der Waals surface area contributed by atoms with Gasteiger partial charge in [0.25, 0.3) is 0 Å². The maximum Gasteiger partial charge on any atom is 0.224 e. The van der Waals surface area contributed by atoms with Gasteiger partial charge in [0.15, 0.2) is 0 Å². The molecule has 0 aromatic heterocycles. The highest BCUT2D eigenvalue weighted by Gasteiger charge is 2.05. The molecule has 0 saturated heterocycles. The molecule has 0 aliphatic rings. The molecule has 4 nitrogen and oxygen atoms in total. The minimum absolute atomic E-state index is 0.0399. The van der Waals surface area contributed by atoms with E-state index in [0.717, 1.165) is 11.1 Å². The van der Waals surface area contributed by atoms with E-state index in [-0.39, 0.29) is 11.8 Å². The Morgan fingerprint density at radius 1 is 0.720 bits per heavy atom. The summed E-state index contributed by atoms with van der Waals surface area (Å²) in [7, 11) is 0. The molecule has 2 rings (SSSR count). The molecule has 6 heteroatoms. The van der Waals surface area contributed by atoms with Crippen molar-refractivity contribution in [2.24, 2.45) is 0 Å². The number of hydrogen-bond donors (Lipinski definition) is 2. The second-order valence-electron chi connectivity index (χ2n) is 5.63. The van der Waals surface area contributed by atoms with E-state index >= 15 is 0 Å². The Labute approximate surface area is 157 Å². The molecule has 0 aliphatic carbocycles. The van der Waals surface area contributed by atoms with Crippen LogP contribution in [0, 0.1) is 0 Å². The first kappa shape index (κ1) is 19.3. The Morgan fingerprint density at radius 2 is 1.20 bits per heavy atom. The minimum Gasteiger partial charge on any atom is -0.354 e. The highest BCUT2D eigenvalue weighted by molar-refractivity contribution is 6.30. The van der Waals surface area contributed by atoms with E-state index in [1.807, 2.05) is 36.4 Å². The lowest BCUT2D eigenvalue weighted by Gasteiger charge is -2.08. The molecule has 2 aromatic rings. The van der Waals surface area contributed by atoms with Gasteiger partial charge in [-0.3, -0.25) is 9.59 Å². The predicted molar refractivity (Wildman–Crippen MR) is 101 cm³/mol. The van der Waals surface area contributed by atoms with E-state index in [1.165, 1.54) is 0 Å². The molecule has 2 aromatic carbocycles.